The van der Waals surface area contributed by atoms with Crippen LogP contribution in [0, 0.1) is 0 Å². The minimum atomic E-state index is 1.23. The Kier molecular flexibility index (Phi) is 8.19. The van der Waals surface area contributed by atoms with Gasteiger partial charge in [-0.3, -0.25) is 0 Å². The molecular weight excluding hydrogens is 777 g/mol. The second-order valence-electron chi connectivity index (χ2n) is 16.6. The quantitative estimate of drug-likeness (QED) is 0.152. The van der Waals surface area contributed by atoms with E-state index in [-0.39, 0.29) is 0 Å². The highest BCUT2D eigenvalue weighted by molar-refractivity contribution is 7.26. The van der Waals surface area contributed by atoms with Crippen LogP contribution >= 0.6 is 11.3 Å². The molecule has 0 unspecified atom stereocenters. The summed E-state index contributed by atoms with van der Waals surface area (Å²) < 4.78 is 2.61. The van der Waals surface area contributed by atoms with Crippen molar-refractivity contribution in [3.05, 3.63) is 231 Å². The molecule has 0 aliphatic heterocycles. The van der Waals surface area contributed by atoms with E-state index in [9.17, 15) is 0 Å². The van der Waals surface area contributed by atoms with Crippen LogP contribution in [-0.4, -0.2) is 0 Å². The van der Waals surface area contributed by atoms with Gasteiger partial charge in [-0.15, -0.1) is 11.3 Å². The highest BCUT2D eigenvalue weighted by Crippen LogP contribution is 2.52. The lowest BCUT2D eigenvalue weighted by Gasteiger charge is -2.20. The van der Waals surface area contributed by atoms with E-state index in [1.54, 1.807) is 0 Å². The summed E-state index contributed by atoms with van der Waals surface area (Å²) in [7, 11) is 0. The Morgan fingerprint density at radius 3 is 1.11 bits per heavy atom. The zero-order valence-electron chi connectivity index (χ0n) is 34.3. The van der Waals surface area contributed by atoms with Crippen molar-refractivity contribution >= 4 is 85.4 Å². The summed E-state index contributed by atoms with van der Waals surface area (Å²) in [4.78, 5) is 0. The summed E-state index contributed by atoms with van der Waals surface area (Å²) in [5.74, 6) is 0. The molecular formula is C62H38S. The molecule has 13 aromatic rings. The normalized spacial score (nSPS) is 11.8. The van der Waals surface area contributed by atoms with Crippen molar-refractivity contribution in [1.29, 1.82) is 0 Å². The molecule has 0 spiro atoms. The summed E-state index contributed by atoms with van der Waals surface area (Å²) in [5.41, 5.74) is 12.7. The van der Waals surface area contributed by atoms with E-state index >= 15 is 0 Å². The third kappa shape index (κ3) is 5.47. The van der Waals surface area contributed by atoms with Crippen LogP contribution in [0.1, 0.15) is 0 Å². The predicted octanol–water partition coefficient (Wildman–Crippen LogP) is 18.2. The smallest absolute Gasteiger partial charge is 0.0434 e. The van der Waals surface area contributed by atoms with E-state index < -0.39 is 0 Å². The predicted molar refractivity (Wildman–Crippen MR) is 274 cm³/mol. The van der Waals surface area contributed by atoms with E-state index in [4.69, 9.17) is 0 Å². The lowest BCUT2D eigenvalue weighted by Crippen LogP contribution is -1.92. The molecule has 0 aliphatic carbocycles. The number of hydrogen-bond acceptors (Lipinski definition) is 1. The van der Waals surface area contributed by atoms with Gasteiger partial charge in [0, 0.05) is 25.7 Å². The number of rotatable bonds is 5. The number of fused-ring (bicyclic) bond motifs is 8. The van der Waals surface area contributed by atoms with Crippen molar-refractivity contribution in [2.75, 3.05) is 0 Å². The van der Waals surface area contributed by atoms with Crippen molar-refractivity contribution in [2.24, 2.45) is 0 Å². The van der Waals surface area contributed by atoms with Crippen LogP contribution in [-0.2, 0) is 0 Å². The largest absolute Gasteiger partial charge is 0.135 e. The van der Waals surface area contributed by atoms with Gasteiger partial charge < -0.3 is 0 Å². The van der Waals surface area contributed by atoms with Crippen molar-refractivity contribution in [3.8, 4) is 55.6 Å². The van der Waals surface area contributed by atoms with E-state index in [1.165, 1.54) is 130 Å². The fourth-order valence-corrected chi connectivity index (χ4v) is 11.9. The van der Waals surface area contributed by atoms with E-state index in [2.05, 4.69) is 231 Å². The summed E-state index contributed by atoms with van der Waals surface area (Å²) in [6.07, 6.45) is 0. The lowest BCUT2D eigenvalue weighted by atomic mass is 9.83. The van der Waals surface area contributed by atoms with Gasteiger partial charge in [-0.25, -0.2) is 0 Å². The molecule has 1 aromatic heterocycles. The Morgan fingerprint density at radius 1 is 0.206 bits per heavy atom. The highest BCUT2D eigenvalue weighted by atomic mass is 32.1. The van der Waals surface area contributed by atoms with Crippen molar-refractivity contribution < 1.29 is 0 Å². The Bertz CT molecular complexity index is 3840. The molecule has 0 radical (unpaired) electrons. The van der Waals surface area contributed by atoms with Gasteiger partial charge in [0.05, 0.1) is 0 Å². The van der Waals surface area contributed by atoms with Crippen LogP contribution in [0.15, 0.2) is 231 Å². The highest BCUT2D eigenvalue weighted by Gasteiger charge is 2.23. The maximum absolute atomic E-state index is 2.36. The number of benzene rings is 12. The standard InChI is InChI=1S/C62H38S/c1-3-19-39(20-4-1)41-37-38-52(43-24-8-7-23-42(41)43)58-48-29-13-15-31-50(48)60(51-32-16-14-30-49(51)58)54-34-17-35-55-61-53(33-18-36-56(61)63-62(54)55)59-46-27-11-9-25-44(46)57(40-21-5-2-6-22-40)45-26-10-12-28-47(45)59/h1-38H. The average molecular weight is 815 g/mol. The molecule has 0 aliphatic rings. The maximum atomic E-state index is 2.36. The molecule has 1 heteroatoms. The minimum absolute atomic E-state index is 1.23. The average Bonchev–Trinajstić information content (AvgIpc) is 3.75. The molecule has 0 saturated heterocycles. The van der Waals surface area contributed by atoms with Crippen LogP contribution in [0.5, 0.6) is 0 Å². The van der Waals surface area contributed by atoms with Gasteiger partial charge in [-0.1, -0.05) is 224 Å². The van der Waals surface area contributed by atoms with Gasteiger partial charge in [0.2, 0.25) is 0 Å². The second-order valence-corrected chi connectivity index (χ2v) is 17.6. The van der Waals surface area contributed by atoms with Crippen LogP contribution in [0.25, 0.3) is 130 Å². The maximum Gasteiger partial charge on any atom is 0.0434 e. The van der Waals surface area contributed by atoms with Gasteiger partial charge >= 0.3 is 0 Å². The first-order chi connectivity index (χ1) is 31.3. The molecule has 0 fully saturated rings. The van der Waals surface area contributed by atoms with Crippen molar-refractivity contribution in [2.45, 2.75) is 0 Å². The molecule has 292 valence electrons. The molecule has 1 heterocycles. The minimum Gasteiger partial charge on any atom is -0.135 e. The summed E-state index contributed by atoms with van der Waals surface area (Å²) in [6.45, 7) is 0. The lowest BCUT2D eigenvalue weighted by molar-refractivity contribution is 1.64. The van der Waals surface area contributed by atoms with Gasteiger partial charge in [-0.2, -0.15) is 0 Å². The Morgan fingerprint density at radius 2 is 0.571 bits per heavy atom. The van der Waals surface area contributed by atoms with Gasteiger partial charge in [-0.05, 0) is 110 Å². The van der Waals surface area contributed by atoms with Crippen LogP contribution in [0.3, 0.4) is 0 Å². The fourth-order valence-electron chi connectivity index (χ4n) is 10.7. The summed E-state index contributed by atoms with van der Waals surface area (Å²) >= 11 is 1.92. The molecule has 0 bridgehead atoms. The Labute approximate surface area is 369 Å². The third-order valence-corrected chi connectivity index (χ3v) is 14.5. The van der Waals surface area contributed by atoms with Crippen LogP contribution in [0.2, 0.25) is 0 Å². The van der Waals surface area contributed by atoms with Gasteiger partial charge in [0.25, 0.3) is 0 Å². The SMILES string of the molecule is c1ccc(-c2ccc(-c3c4ccccc4c(-c4cccc5c4sc4cccc(-c6c7ccccc7c(-c7ccccc7)c7ccccc67)c45)c4ccccc34)c3ccccc23)cc1. The molecule has 13 rings (SSSR count). The topological polar surface area (TPSA) is 0 Å². The summed E-state index contributed by atoms with van der Waals surface area (Å²) in [6, 6.07) is 85.3. The first-order valence-corrected chi connectivity index (χ1v) is 22.6. The van der Waals surface area contributed by atoms with Gasteiger partial charge in [0.1, 0.15) is 0 Å². The molecule has 0 N–H and O–H groups in total. The van der Waals surface area contributed by atoms with E-state index in [0.717, 1.165) is 0 Å². The van der Waals surface area contributed by atoms with E-state index in [1.807, 2.05) is 11.3 Å². The van der Waals surface area contributed by atoms with Crippen molar-refractivity contribution in [1.82, 2.24) is 0 Å². The summed E-state index contributed by atoms with van der Waals surface area (Å²) in [5, 5.41) is 15.3. The Hall–Kier alpha value is -7.84. The van der Waals surface area contributed by atoms with Crippen molar-refractivity contribution in [3.63, 3.8) is 0 Å². The molecule has 0 amide bonds. The fraction of sp³-hybridized carbons (Fsp3) is 0. The third-order valence-electron chi connectivity index (χ3n) is 13.3. The first kappa shape index (κ1) is 35.9. The second kappa shape index (κ2) is 14.4. The first-order valence-electron chi connectivity index (χ1n) is 21.8. The van der Waals surface area contributed by atoms with Crippen LogP contribution < -0.4 is 0 Å². The molecule has 0 saturated carbocycles. The van der Waals surface area contributed by atoms with Gasteiger partial charge in [0.15, 0.2) is 0 Å². The zero-order chi connectivity index (χ0) is 41.4. The molecule has 0 nitrogen and oxygen atoms in total. The monoisotopic (exact) mass is 814 g/mol. The zero-order valence-corrected chi connectivity index (χ0v) is 35.2. The number of hydrogen-bond donors (Lipinski definition) is 0. The van der Waals surface area contributed by atoms with E-state index in [0.29, 0.717) is 0 Å². The molecule has 0 atom stereocenters. The number of thiophene rings is 1. The Balaban J connectivity index is 1.09. The van der Waals surface area contributed by atoms with Crippen LogP contribution in [0.4, 0.5) is 0 Å². The molecule has 12 aromatic carbocycles. The molecule has 63 heavy (non-hydrogen) atoms.